The lowest BCUT2D eigenvalue weighted by Gasteiger charge is -2.17. The molecule has 25 heavy (non-hydrogen) atoms. The van der Waals surface area contributed by atoms with Crippen LogP contribution in [0.25, 0.3) is 0 Å². The molecular weight excluding hydrogens is 361 g/mol. The lowest BCUT2D eigenvalue weighted by molar-refractivity contribution is -0.119. The Morgan fingerprint density at radius 3 is 2.32 bits per heavy atom. The van der Waals surface area contributed by atoms with Crippen LogP contribution < -0.4 is 10.6 Å². The van der Waals surface area contributed by atoms with Crippen molar-refractivity contribution >= 4 is 46.4 Å². The number of amides is 2. The smallest absolute Gasteiger partial charge is 0.238 e. The zero-order valence-corrected chi connectivity index (χ0v) is 15.5. The minimum Gasteiger partial charge on any atom is -0.325 e. The molecule has 0 bridgehead atoms. The van der Waals surface area contributed by atoms with Crippen molar-refractivity contribution in [1.82, 2.24) is 4.90 Å². The summed E-state index contributed by atoms with van der Waals surface area (Å²) in [7, 11) is 1.70. The molecule has 0 spiro atoms. The third-order valence-electron chi connectivity index (χ3n) is 3.48. The maximum absolute atomic E-state index is 12.1. The molecule has 2 rings (SSSR count). The van der Waals surface area contributed by atoms with Crippen LogP contribution in [0.3, 0.4) is 0 Å². The molecule has 0 saturated carbocycles. The first kappa shape index (κ1) is 19.2. The first-order valence-electron chi connectivity index (χ1n) is 7.64. The van der Waals surface area contributed by atoms with Gasteiger partial charge in [0.15, 0.2) is 0 Å². The first-order valence-corrected chi connectivity index (χ1v) is 8.39. The second-order valence-corrected chi connectivity index (χ2v) is 6.54. The van der Waals surface area contributed by atoms with Crippen LogP contribution >= 0.6 is 23.2 Å². The van der Waals surface area contributed by atoms with Gasteiger partial charge in [-0.1, -0.05) is 35.3 Å². The van der Waals surface area contributed by atoms with Gasteiger partial charge in [0.05, 0.1) is 13.1 Å². The summed E-state index contributed by atoms with van der Waals surface area (Å²) in [4.78, 5) is 25.8. The van der Waals surface area contributed by atoms with E-state index in [9.17, 15) is 9.59 Å². The van der Waals surface area contributed by atoms with Gasteiger partial charge in [-0.15, -0.1) is 0 Å². The van der Waals surface area contributed by atoms with Gasteiger partial charge in [0.2, 0.25) is 11.8 Å². The van der Waals surface area contributed by atoms with Gasteiger partial charge in [-0.05, 0) is 49.9 Å². The van der Waals surface area contributed by atoms with Crippen LogP contribution in [-0.2, 0) is 9.59 Å². The second kappa shape index (κ2) is 8.85. The number of carbonyl (C=O) groups excluding carboxylic acids is 2. The quantitative estimate of drug-likeness (QED) is 0.801. The normalized spacial score (nSPS) is 10.6. The van der Waals surface area contributed by atoms with E-state index < -0.39 is 0 Å². The van der Waals surface area contributed by atoms with Crippen molar-refractivity contribution in [1.29, 1.82) is 0 Å². The van der Waals surface area contributed by atoms with Gasteiger partial charge >= 0.3 is 0 Å². The third-order valence-corrected chi connectivity index (χ3v) is 4.12. The zero-order chi connectivity index (χ0) is 18.4. The van der Waals surface area contributed by atoms with Crippen molar-refractivity contribution in [3.63, 3.8) is 0 Å². The Balaban J connectivity index is 1.84. The van der Waals surface area contributed by atoms with Gasteiger partial charge in [-0.3, -0.25) is 14.5 Å². The average Bonchev–Trinajstić information content (AvgIpc) is 2.51. The summed E-state index contributed by atoms with van der Waals surface area (Å²) in [6, 6.07) is 12.2. The fourth-order valence-electron chi connectivity index (χ4n) is 2.25. The zero-order valence-electron chi connectivity index (χ0n) is 14.0. The number of anilines is 2. The molecule has 7 heteroatoms. The molecule has 2 amide bonds. The molecule has 0 aromatic heterocycles. The van der Waals surface area contributed by atoms with E-state index >= 15 is 0 Å². The summed E-state index contributed by atoms with van der Waals surface area (Å²) in [5, 5.41) is 6.67. The van der Waals surface area contributed by atoms with Gasteiger partial charge in [-0.25, -0.2) is 0 Å². The Labute approximate surface area is 156 Å². The number of nitrogens with zero attached hydrogens (tertiary/aromatic N) is 1. The molecule has 0 atom stereocenters. The van der Waals surface area contributed by atoms with Gasteiger partial charge in [0.25, 0.3) is 0 Å². The fraction of sp³-hybridized carbons (Fsp3) is 0.222. The van der Waals surface area contributed by atoms with Gasteiger partial charge in [0.1, 0.15) is 0 Å². The van der Waals surface area contributed by atoms with E-state index in [1.165, 1.54) is 0 Å². The average molecular weight is 380 g/mol. The maximum Gasteiger partial charge on any atom is 0.238 e. The van der Waals surface area contributed by atoms with E-state index in [0.717, 1.165) is 5.56 Å². The molecular formula is C18H19Cl2N3O2. The molecule has 0 saturated heterocycles. The van der Waals surface area contributed by atoms with E-state index in [0.29, 0.717) is 21.4 Å². The number of halogens is 2. The monoisotopic (exact) mass is 379 g/mol. The standard InChI is InChI=1S/C18H19Cl2N3O2/c1-12-15(20)7-4-8-16(12)22-18(25)11-23(2)10-17(24)21-14-6-3-5-13(19)9-14/h3-9H,10-11H2,1-2H3,(H,21,24)(H,22,25). The highest BCUT2D eigenvalue weighted by atomic mass is 35.5. The van der Waals surface area contributed by atoms with Crippen LogP contribution in [-0.4, -0.2) is 36.9 Å². The Bertz CT molecular complexity index is 781. The van der Waals surface area contributed by atoms with Gasteiger partial charge in [-0.2, -0.15) is 0 Å². The third kappa shape index (κ3) is 6.05. The maximum atomic E-state index is 12.1. The number of hydrogen-bond acceptors (Lipinski definition) is 3. The summed E-state index contributed by atoms with van der Waals surface area (Å²) in [6.45, 7) is 1.99. The highest BCUT2D eigenvalue weighted by Crippen LogP contribution is 2.22. The number of carbonyl (C=O) groups is 2. The lowest BCUT2D eigenvalue weighted by Crippen LogP contribution is -2.36. The van der Waals surface area contributed by atoms with Crippen LogP contribution in [0.5, 0.6) is 0 Å². The molecule has 2 aromatic carbocycles. The van der Waals surface area contributed by atoms with E-state index in [1.54, 1.807) is 54.4 Å². The predicted octanol–water partition coefficient (Wildman–Crippen LogP) is 3.81. The minimum absolute atomic E-state index is 0.0778. The topological polar surface area (TPSA) is 61.4 Å². The van der Waals surface area contributed by atoms with Crippen molar-refractivity contribution in [2.75, 3.05) is 30.8 Å². The molecule has 2 N–H and O–H groups in total. The Morgan fingerprint density at radius 2 is 1.64 bits per heavy atom. The molecule has 5 nitrogen and oxygen atoms in total. The highest BCUT2D eigenvalue weighted by Gasteiger charge is 2.12. The van der Waals surface area contributed by atoms with Crippen molar-refractivity contribution in [2.45, 2.75) is 6.92 Å². The molecule has 0 aliphatic rings. The summed E-state index contributed by atoms with van der Waals surface area (Å²) in [6.07, 6.45) is 0. The van der Waals surface area contributed by atoms with Crippen LogP contribution in [0.4, 0.5) is 11.4 Å². The van der Waals surface area contributed by atoms with Crippen molar-refractivity contribution < 1.29 is 9.59 Å². The van der Waals surface area contributed by atoms with Crippen LogP contribution in [0.2, 0.25) is 10.0 Å². The lowest BCUT2D eigenvalue weighted by atomic mass is 10.2. The van der Waals surface area contributed by atoms with Gasteiger partial charge in [0, 0.05) is 21.4 Å². The fourth-order valence-corrected chi connectivity index (χ4v) is 2.61. The van der Waals surface area contributed by atoms with Crippen LogP contribution in [0.15, 0.2) is 42.5 Å². The number of nitrogens with one attached hydrogen (secondary N) is 2. The van der Waals surface area contributed by atoms with Crippen molar-refractivity contribution in [2.24, 2.45) is 0 Å². The molecule has 0 aliphatic heterocycles. The van der Waals surface area contributed by atoms with Gasteiger partial charge < -0.3 is 10.6 Å². The number of rotatable bonds is 6. The van der Waals surface area contributed by atoms with Crippen LogP contribution in [0.1, 0.15) is 5.56 Å². The molecule has 0 aliphatic carbocycles. The van der Waals surface area contributed by atoms with Crippen LogP contribution in [0, 0.1) is 6.92 Å². The second-order valence-electron chi connectivity index (χ2n) is 5.69. The molecule has 0 radical (unpaired) electrons. The highest BCUT2D eigenvalue weighted by molar-refractivity contribution is 6.31. The Kier molecular flexibility index (Phi) is 6.82. The summed E-state index contributed by atoms with van der Waals surface area (Å²) >= 11 is 11.9. The number of likely N-dealkylation sites (N-methyl/N-ethyl adjacent to an activating group) is 1. The Hall–Kier alpha value is -2.08. The molecule has 0 heterocycles. The number of benzene rings is 2. The minimum atomic E-state index is -0.225. The number of hydrogen-bond donors (Lipinski definition) is 2. The van der Waals surface area contributed by atoms with E-state index in [4.69, 9.17) is 23.2 Å². The van der Waals surface area contributed by atoms with E-state index in [1.807, 2.05) is 6.92 Å². The summed E-state index contributed by atoms with van der Waals surface area (Å²) < 4.78 is 0. The van der Waals surface area contributed by atoms with E-state index in [-0.39, 0.29) is 24.9 Å². The van der Waals surface area contributed by atoms with Crippen molar-refractivity contribution in [3.05, 3.63) is 58.1 Å². The molecule has 132 valence electrons. The molecule has 2 aromatic rings. The summed E-state index contributed by atoms with van der Waals surface area (Å²) in [5.41, 5.74) is 2.08. The molecule has 0 unspecified atom stereocenters. The first-order chi connectivity index (χ1) is 11.8. The van der Waals surface area contributed by atoms with Crippen molar-refractivity contribution in [3.8, 4) is 0 Å². The SMILES string of the molecule is Cc1c(Cl)cccc1NC(=O)CN(C)CC(=O)Nc1cccc(Cl)c1. The predicted molar refractivity (Wildman–Crippen MR) is 102 cm³/mol. The van der Waals surface area contributed by atoms with E-state index in [2.05, 4.69) is 10.6 Å². The summed E-state index contributed by atoms with van der Waals surface area (Å²) in [5.74, 6) is -0.445. The molecule has 0 fully saturated rings. The Morgan fingerprint density at radius 1 is 1.00 bits per heavy atom. The largest absolute Gasteiger partial charge is 0.325 e.